The van der Waals surface area contributed by atoms with Crippen molar-refractivity contribution in [3.63, 3.8) is 0 Å². The van der Waals surface area contributed by atoms with E-state index in [9.17, 15) is 0 Å². The van der Waals surface area contributed by atoms with Gasteiger partial charge in [-0.25, -0.2) is 0 Å². The first-order chi connectivity index (χ1) is 8.78. The van der Waals surface area contributed by atoms with Crippen molar-refractivity contribution in [2.45, 2.75) is 45.3 Å². The minimum atomic E-state index is -0.601. The smallest absolute Gasteiger partial charge is 0.398 e. The number of halogens is 1. The molecular weight excluding hydrogens is 262 g/mol. The van der Waals surface area contributed by atoms with Crippen LogP contribution in [0.2, 0.25) is 5.02 Å². The second-order valence-corrected chi connectivity index (χ2v) is 5.97. The van der Waals surface area contributed by atoms with Crippen molar-refractivity contribution >= 4 is 24.3 Å². The van der Waals surface area contributed by atoms with E-state index in [4.69, 9.17) is 26.2 Å². The summed E-state index contributed by atoms with van der Waals surface area (Å²) in [5.41, 5.74) is 0.402. The van der Waals surface area contributed by atoms with Crippen LogP contribution in [-0.4, -0.2) is 23.3 Å². The summed E-state index contributed by atoms with van der Waals surface area (Å²) in [5, 5.41) is 9.22. The summed E-state index contributed by atoms with van der Waals surface area (Å²) in [4.78, 5) is 4.24. The summed E-state index contributed by atoms with van der Waals surface area (Å²) in [6, 6.07) is 3.82. The molecule has 0 N–H and O–H groups in total. The van der Waals surface area contributed by atoms with Crippen LogP contribution >= 0.6 is 11.6 Å². The molecule has 1 fully saturated rings. The zero-order valence-electron chi connectivity index (χ0n) is 11.5. The van der Waals surface area contributed by atoms with Crippen molar-refractivity contribution < 1.29 is 9.31 Å². The van der Waals surface area contributed by atoms with E-state index < -0.39 is 18.3 Å². The van der Waals surface area contributed by atoms with Gasteiger partial charge in [0, 0.05) is 6.20 Å². The van der Waals surface area contributed by atoms with Crippen LogP contribution in [0.1, 0.15) is 33.3 Å². The molecule has 0 saturated carbocycles. The molecule has 0 unspecified atom stereocenters. The first-order valence-corrected chi connectivity index (χ1v) is 6.52. The Balaban J connectivity index is 2.35. The predicted octanol–water partition coefficient (Wildman–Crippen LogP) is 2.10. The van der Waals surface area contributed by atoms with Crippen LogP contribution in [0, 0.1) is 11.3 Å². The van der Waals surface area contributed by atoms with E-state index in [2.05, 4.69) is 11.1 Å². The summed E-state index contributed by atoms with van der Waals surface area (Å²) in [6.45, 7) is 7.89. The van der Waals surface area contributed by atoms with E-state index in [1.54, 1.807) is 12.3 Å². The van der Waals surface area contributed by atoms with Crippen molar-refractivity contribution in [1.29, 1.82) is 5.26 Å². The second kappa shape index (κ2) is 4.79. The van der Waals surface area contributed by atoms with Crippen LogP contribution in [0.5, 0.6) is 0 Å². The number of nitrogens with zero attached hydrogens (tertiary/aromatic N) is 2. The van der Waals surface area contributed by atoms with Gasteiger partial charge in [0.25, 0.3) is 0 Å². The van der Waals surface area contributed by atoms with E-state index in [-0.39, 0.29) is 6.42 Å². The Kier molecular flexibility index (Phi) is 3.61. The molecule has 2 heterocycles. The molecule has 1 aromatic heterocycles. The normalized spacial score (nSPS) is 20.3. The van der Waals surface area contributed by atoms with Gasteiger partial charge in [0.05, 0.1) is 34.3 Å². The van der Waals surface area contributed by atoms with Crippen molar-refractivity contribution in [2.75, 3.05) is 0 Å². The van der Waals surface area contributed by atoms with Crippen LogP contribution in [0.25, 0.3) is 0 Å². The fraction of sp³-hybridized carbons (Fsp3) is 0.538. The topological polar surface area (TPSA) is 55.1 Å². The third kappa shape index (κ3) is 2.48. The lowest BCUT2D eigenvalue weighted by atomic mass is 9.83. The van der Waals surface area contributed by atoms with Gasteiger partial charge < -0.3 is 9.31 Å². The third-order valence-corrected chi connectivity index (χ3v) is 4.18. The summed E-state index contributed by atoms with van der Waals surface area (Å²) < 4.78 is 11.8. The molecule has 6 heteroatoms. The Morgan fingerprint density at radius 1 is 1.32 bits per heavy atom. The maximum absolute atomic E-state index is 8.77. The van der Waals surface area contributed by atoms with E-state index in [1.165, 1.54) is 0 Å². The minimum Gasteiger partial charge on any atom is -0.398 e. The zero-order chi connectivity index (χ0) is 14.3. The highest BCUT2D eigenvalue weighted by Gasteiger charge is 2.53. The van der Waals surface area contributed by atoms with Crippen molar-refractivity contribution in [3.8, 4) is 6.07 Å². The lowest BCUT2D eigenvalue weighted by molar-refractivity contribution is 0.00578. The molecule has 0 amide bonds. The molecule has 0 aromatic carbocycles. The monoisotopic (exact) mass is 278 g/mol. The number of nitriles is 1. The van der Waals surface area contributed by atoms with Crippen molar-refractivity contribution in [3.05, 3.63) is 22.8 Å². The average molecular weight is 279 g/mol. The summed E-state index contributed by atoms with van der Waals surface area (Å²) >= 11 is 6.28. The Morgan fingerprint density at radius 2 is 1.89 bits per heavy atom. The van der Waals surface area contributed by atoms with Crippen LogP contribution in [0.15, 0.2) is 12.3 Å². The van der Waals surface area contributed by atoms with Crippen LogP contribution in [0.3, 0.4) is 0 Å². The Labute approximate surface area is 118 Å². The van der Waals surface area contributed by atoms with E-state index >= 15 is 0 Å². The number of aromatic nitrogens is 1. The summed E-state index contributed by atoms with van der Waals surface area (Å²) in [6.07, 6.45) is 1.87. The lowest BCUT2D eigenvalue weighted by Gasteiger charge is -2.32. The molecule has 100 valence electrons. The van der Waals surface area contributed by atoms with Gasteiger partial charge in [-0.2, -0.15) is 5.26 Å². The maximum atomic E-state index is 8.77. The third-order valence-electron chi connectivity index (χ3n) is 3.74. The SMILES string of the molecule is CC1(C)OB(c2nccc(CC#N)c2Cl)OC1(C)C. The van der Waals surface area contributed by atoms with Gasteiger partial charge in [-0.15, -0.1) is 0 Å². The van der Waals surface area contributed by atoms with Gasteiger partial charge in [0.1, 0.15) is 0 Å². The zero-order valence-corrected chi connectivity index (χ0v) is 12.3. The minimum absolute atomic E-state index is 0.244. The fourth-order valence-corrected chi connectivity index (χ4v) is 2.11. The molecule has 0 radical (unpaired) electrons. The summed E-state index contributed by atoms with van der Waals surface area (Å²) in [7, 11) is -0.601. The van der Waals surface area contributed by atoms with Gasteiger partial charge in [-0.1, -0.05) is 11.6 Å². The molecule has 2 rings (SSSR count). The van der Waals surface area contributed by atoms with Gasteiger partial charge in [-0.3, -0.25) is 4.98 Å². The van der Waals surface area contributed by atoms with Crippen LogP contribution in [-0.2, 0) is 15.7 Å². The van der Waals surface area contributed by atoms with Gasteiger partial charge in [0.15, 0.2) is 0 Å². The number of hydrogen-bond donors (Lipinski definition) is 0. The Hall–Kier alpha value is -1.09. The molecule has 1 aliphatic heterocycles. The van der Waals surface area contributed by atoms with E-state index in [0.29, 0.717) is 10.6 Å². The fourth-order valence-electron chi connectivity index (χ4n) is 1.84. The standard InChI is InChI=1S/C13H16BClN2O2/c1-12(2)13(3,4)19-14(18-12)11-10(15)9(5-7-16)6-8-17-11/h6,8H,5H2,1-4H3. The maximum Gasteiger partial charge on any atom is 0.516 e. The molecule has 0 atom stereocenters. The molecule has 1 aliphatic rings. The highest BCUT2D eigenvalue weighted by Crippen LogP contribution is 2.36. The molecule has 0 bridgehead atoms. The summed E-state index contributed by atoms with van der Waals surface area (Å²) in [5.74, 6) is 0. The van der Waals surface area contributed by atoms with E-state index in [1.807, 2.05) is 27.7 Å². The molecule has 19 heavy (non-hydrogen) atoms. The van der Waals surface area contributed by atoms with E-state index in [0.717, 1.165) is 5.56 Å². The van der Waals surface area contributed by atoms with Crippen LogP contribution < -0.4 is 5.59 Å². The molecule has 0 spiro atoms. The highest BCUT2D eigenvalue weighted by atomic mass is 35.5. The largest absolute Gasteiger partial charge is 0.516 e. The molecule has 0 aliphatic carbocycles. The van der Waals surface area contributed by atoms with Crippen molar-refractivity contribution in [1.82, 2.24) is 4.98 Å². The number of hydrogen-bond acceptors (Lipinski definition) is 4. The van der Waals surface area contributed by atoms with Crippen molar-refractivity contribution in [2.24, 2.45) is 0 Å². The Bertz CT molecular complexity index is 524. The van der Waals surface area contributed by atoms with Gasteiger partial charge in [0.2, 0.25) is 0 Å². The lowest BCUT2D eigenvalue weighted by Crippen LogP contribution is -2.41. The quantitative estimate of drug-likeness (QED) is 0.778. The predicted molar refractivity (Wildman–Crippen MR) is 74.3 cm³/mol. The van der Waals surface area contributed by atoms with Gasteiger partial charge >= 0.3 is 7.12 Å². The van der Waals surface area contributed by atoms with Gasteiger partial charge in [-0.05, 0) is 39.3 Å². The first-order valence-electron chi connectivity index (χ1n) is 6.14. The number of rotatable bonds is 2. The average Bonchev–Trinajstić information content (AvgIpc) is 2.51. The molecule has 1 aromatic rings. The first kappa shape index (κ1) is 14.3. The second-order valence-electron chi connectivity index (χ2n) is 5.59. The molecular formula is C13H16BClN2O2. The Morgan fingerprint density at radius 3 is 2.42 bits per heavy atom. The highest BCUT2D eigenvalue weighted by molar-refractivity contribution is 6.64. The molecule has 1 saturated heterocycles. The molecule has 4 nitrogen and oxygen atoms in total. The number of pyridine rings is 1. The van der Waals surface area contributed by atoms with Crippen LogP contribution in [0.4, 0.5) is 0 Å².